The van der Waals surface area contributed by atoms with Crippen molar-refractivity contribution in [3.8, 4) is 5.75 Å². The Morgan fingerprint density at radius 1 is 1.08 bits per heavy atom. The third kappa shape index (κ3) is 3.27. The zero-order chi connectivity index (χ0) is 18.0. The number of hydrogen-bond acceptors (Lipinski definition) is 10. The van der Waals surface area contributed by atoms with Gasteiger partial charge in [0.2, 0.25) is 12.0 Å². The van der Waals surface area contributed by atoms with Gasteiger partial charge in [0.05, 0.1) is 16.5 Å². The van der Waals surface area contributed by atoms with Crippen LogP contribution in [0.4, 0.5) is 11.4 Å². The highest BCUT2D eigenvalue weighted by Gasteiger charge is 2.45. The van der Waals surface area contributed by atoms with Gasteiger partial charge >= 0.3 is 11.4 Å². The quantitative estimate of drug-likeness (QED) is 0.368. The summed E-state index contributed by atoms with van der Waals surface area (Å²) in [6, 6.07) is 3.08. The Morgan fingerprint density at radius 3 is 2.29 bits per heavy atom. The SMILES string of the molecule is O=[N+]([O-])c1cccc(O[C@@H]2O[C@H](CO)[C@@H](O)[C@H](O)[C@H]2O)c1[N+](=O)[O-]. The van der Waals surface area contributed by atoms with Gasteiger partial charge in [0, 0.05) is 6.07 Å². The first kappa shape index (κ1) is 18.0. The fourth-order valence-electron chi connectivity index (χ4n) is 2.23. The van der Waals surface area contributed by atoms with Crippen molar-refractivity contribution in [1.82, 2.24) is 0 Å². The maximum atomic E-state index is 11.1. The van der Waals surface area contributed by atoms with Gasteiger partial charge in [0.25, 0.3) is 0 Å². The van der Waals surface area contributed by atoms with Crippen LogP contribution < -0.4 is 4.74 Å². The van der Waals surface area contributed by atoms with Gasteiger partial charge in [-0.2, -0.15) is 0 Å². The van der Waals surface area contributed by atoms with Crippen LogP contribution in [0.5, 0.6) is 5.75 Å². The average Bonchev–Trinajstić information content (AvgIpc) is 2.54. The lowest BCUT2D eigenvalue weighted by molar-refractivity contribution is -0.423. The third-order valence-electron chi connectivity index (χ3n) is 3.45. The molecular weight excluding hydrogens is 332 g/mol. The van der Waals surface area contributed by atoms with E-state index in [9.17, 15) is 35.5 Å². The van der Waals surface area contributed by atoms with Crippen LogP contribution in [-0.4, -0.2) is 67.6 Å². The molecule has 0 saturated carbocycles. The molecule has 1 heterocycles. The van der Waals surface area contributed by atoms with E-state index in [1.165, 1.54) is 0 Å². The van der Waals surface area contributed by atoms with E-state index in [0.717, 1.165) is 18.2 Å². The highest BCUT2D eigenvalue weighted by Crippen LogP contribution is 2.37. The van der Waals surface area contributed by atoms with Crippen LogP contribution in [-0.2, 0) is 4.74 Å². The highest BCUT2D eigenvalue weighted by molar-refractivity contribution is 5.61. The molecule has 1 aromatic rings. The van der Waals surface area contributed by atoms with Crippen LogP contribution in [0, 0.1) is 20.2 Å². The molecule has 132 valence electrons. The number of ether oxygens (including phenoxy) is 2. The van der Waals surface area contributed by atoms with Crippen molar-refractivity contribution in [2.45, 2.75) is 30.7 Å². The summed E-state index contributed by atoms with van der Waals surface area (Å²) in [5.74, 6) is -0.571. The van der Waals surface area contributed by atoms with Gasteiger partial charge in [-0.15, -0.1) is 0 Å². The molecule has 12 nitrogen and oxygen atoms in total. The summed E-state index contributed by atoms with van der Waals surface area (Å²) in [5, 5.41) is 60.2. The van der Waals surface area contributed by atoms with Gasteiger partial charge in [-0.05, 0) is 6.07 Å². The molecule has 0 unspecified atom stereocenters. The zero-order valence-electron chi connectivity index (χ0n) is 12.0. The van der Waals surface area contributed by atoms with E-state index < -0.39 is 64.3 Å². The molecule has 0 spiro atoms. The number of nitro benzene ring substituents is 2. The van der Waals surface area contributed by atoms with Crippen molar-refractivity contribution in [3.05, 3.63) is 38.4 Å². The van der Waals surface area contributed by atoms with Crippen LogP contribution in [0.3, 0.4) is 0 Å². The van der Waals surface area contributed by atoms with Gasteiger partial charge < -0.3 is 29.9 Å². The molecule has 1 saturated heterocycles. The van der Waals surface area contributed by atoms with E-state index in [-0.39, 0.29) is 0 Å². The monoisotopic (exact) mass is 346 g/mol. The van der Waals surface area contributed by atoms with Crippen LogP contribution >= 0.6 is 0 Å². The van der Waals surface area contributed by atoms with Crippen molar-refractivity contribution < 1.29 is 39.7 Å². The van der Waals surface area contributed by atoms with Crippen LogP contribution in [0.15, 0.2) is 18.2 Å². The van der Waals surface area contributed by atoms with E-state index >= 15 is 0 Å². The number of rotatable bonds is 5. The van der Waals surface area contributed by atoms with E-state index in [1.807, 2.05) is 0 Å². The molecular formula is C12H14N2O10. The molecule has 0 radical (unpaired) electrons. The number of aliphatic hydroxyl groups excluding tert-OH is 4. The van der Waals surface area contributed by atoms with Crippen molar-refractivity contribution in [2.75, 3.05) is 6.61 Å². The summed E-state index contributed by atoms with van der Waals surface area (Å²) >= 11 is 0. The average molecular weight is 346 g/mol. The van der Waals surface area contributed by atoms with Crippen molar-refractivity contribution in [1.29, 1.82) is 0 Å². The summed E-state index contributed by atoms with van der Waals surface area (Å²) in [4.78, 5) is 20.0. The van der Waals surface area contributed by atoms with E-state index in [4.69, 9.17) is 14.6 Å². The largest absolute Gasteiger partial charge is 0.454 e. The summed E-state index contributed by atoms with van der Waals surface area (Å²) < 4.78 is 10.1. The Morgan fingerprint density at radius 2 is 1.75 bits per heavy atom. The smallest absolute Gasteiger partial charge is 0.387 e. The summed E-state index contributed by atoms with van der Waals surface area (Å²) in [7, 11) is 0. The Balaban J connectivity index is 2.35. The van der Waals surface area contributed by atoms with Crippen LogP contribution in [0.1, 0.15) is 0 Å². The third-order valence-corrected chi connectivity index (χ3v) is 3.45. The predicted molar refractivity (Wildman–Crippen MR) is 74.1 cm³/mol. The first-order valence-electron chi connectivity index (χ1n) is 6.67. The number of aliphatic hydroxyl groups is 4. The lowest BCUT2D eigenvalue weighted by Gasteiger charge is -2.39. The second-order valence-corrected chi connectivity index (χ2v) is 4.95. The van der Waals surface area contributed by atoms with Crippen molar-refractivity contribution >= 4 is 11.4 Å². The Labute approximate surface area is 133 Å². The lowest BCUT2D eigenvalue weighted by Crippen LogP contribution is -2.60. The van der Waals surface area contributed by atoms with Gasteiger partial charge in [-0.25, -0.2) is 0 Å². The predicted octanol–water partition coefficient (Wildman–Crippen LogP) is -1.32. The molecule has 12 heteroatoms. The van der Waals surface area contributed by atoms with Gasteiger partial charge in [-0.3, -0.25) is 20.2 Å². The first-order chi connectivity index (χ1) is 11.3. The molecule has 0 bridgehead atoms. The maximum absolute atomic E-state index is 11.1. The lowest BCUT2D eigenvalue weighted by atomic mass is 9.99. The summed E-state index contributed by atoms with van der Waals surface area (Å²) in [5.41, 5.74) is -1.79. The van der Waals surface area contributed by atoms with E-state index in [1.54, 1.807) is 0 Å². The second-order valence-electron chi connectivity index (χ2n) is 4.95. The second kappa shape index (κ2) is 7.02. The number of benzene rings is 1. The fourth-order valence-corrected chi connectivity index (χ4v) is 2.23. The van der Waals surface area contributed by atoms with Crippen molar-refractivity contribution in [2.24, 2.45) is 0 Å². The van der Waals surface area contributed by atoms with E-state index in [0.29, 0.717) is 0 Å². The Kier molecular flexibility index (Phi) is 5.26. The van der Waals surface area contributed by atoms with Crippen LogP contribution in [0.25, 0.3) is 0 Å². The minimum absolute atomic E-state index is 0.571. The molecule has 0 amide bonds. The van der Waals surface area contributed by atoms with Gasteiger partial charge in [0.1, 0.15) is 24.4 Å². The van der Waals surface area contributed by atoms with Crippen LogP contribution in [0.2, 0.25) is 0 Å². The number of hydrogen-bond donors (Lipinski definition) is 4. The number of nitrogens with zero attached hydrogens (tertiary/aromatic N) is 2. The first-order valence-corrected chi connectivity index (χ1v) is 6.67. The molecule has 1 aliphatic rings. The maximum Gasteiger partial charge on any atom is 0.387 e. The molecule has 4 N–H and O–H groups in total. The van der Waals surface area contributed by atoms with Gasteiger partial charge in [0.15, 0.2) is 0 Å². The molecule has 0 aromatic heterocycles. The molecule has 5 atom stereocenters. The highest BCUT2D eigenvalue weighted by atomic mass is 16.7. The summed E-state index contributed by atoms with van der Waals surface area (Å²) in [6.07, 6.45) is -8.17. The molecule has 2 rings (SSSR count). The molecule has 24 heavy (non-hydrogen) atoms. The number of nitro groups is 2. The molecule has 1 aliphatic heterocycles. The normalized spacial score (nSPS) is 29.9. The molecule has 0 aliphatic carbocycles. The number of para-hydroxylation sites is 1. The zero-order valence-corrected chi connectivity index (χ0v) is 12.0. The van der Waals surface area contributed by atoms with Crippen molar-refractivity contribution in [3.63, 3.8) is 0 Å². The standard InChI is InChI=1S/C12H14N2O10/c15-4-7-9(16)10(17)11(18)12(24-7)23-6-3-1-2-5(13(19)20)8(6)14(21)22/h1-3,7,9-12,15-18H,4H2/t7-,9-,10+,11-,12-/m1/s1. The molecule has 1 aromatic carbocycles. The Bertz CT molecular complexity index is 636. The van der Waals surface area contributed by atoms with E-state index in [2.05, 4.69) is 0 Å². The topological polar surface area (TPSA) is 186 Å². The minimum Gasteiger partial charge on any atom is -0.454 e. The minimum atomic E-state index is -1.80. The Hall–Kier alpha value is -2.38. The summed E-state index contributed by atoms with van der Waals surface area (Å²) in [6.45, 7) is -0.720. The fraction of sp³-hybridized carbons (Fsp3) is 0.500. The molecule has 1 fully saturated rings. The van der Waals surface area contributed by atoms with Gasteiger partial charge in [-0.1, -0.05) is 6.07 Å².